The third kappa shape index (κ3) is 4.10. The van der Waals surface area contributed by atoms with Crippen LogP contribution in [0.5, 0.6) is 0 Å². The fourth-order valence-electron chi connectivity index (χ4n) is 3.64. The van der Waals surface area contributed by atoms with Gasteiger partial charge in [0.15, 0.2) is 0 Å². The average Bonchev–Trinajstić information content (AvgIpc) is 3.03. The van der Waals surface area contributed by atoms with E-state index in [2.05, 4.69) is 10.2 Å². The molecule has 1 atom stereocenters. The van der Waals surface area contributed by atoms with Crippen LogP contribution in [0.15, 0.2) is 35.3 Å². The van der Waals surface area contributed by atoms with Crippen LogP contribution in [0.1, 0.15) is 17.0 Å². The maximum atomic E-state index is 12.9. The number of halogens is 2. The Labute approximate surface area is 184 Å². The maximum Gasteiger partial charge on any atom is 0.292 e. The Morgan fingerprint density at radius 1 is 1.20 bits per heavy atom. The number of morpholine rings is 1. The molecule has 1 aromatic carbocycles. The van der Waals surface area contributed by atoms with Crippen molar-refractivity contribution < 1.29 is 4.74 Å². The third-order valence-electron chi connectivity index (χ3n) is 5.26. The number of hydrogen-bond donors (Lipinski definition) is 0. The molecule has 3 heterocycles. The Kier molecular flexibility index (Phi) is 5.86. The summed E-state index contributed by atoms with van der Waals surface area (Å²) in [5.41, 5.74) is 3.81. The van der Waals surface area contributed by atoms with E-state index in [0.29, 0.717) is 42.6 Å². The molecule has 0 N–H and O–H groups in total. The number of benzene rings is 1. The van der Waals surface area contributed by atoms with E-state index in [1.54, 1.807) is 18.3 Å². The summed E-state index contributed by atoms with van der Waals surface area (Å²) >= 11 is 12.7. The molecule has 9 heteroatoms. The van der Waals surface area contributed by atoms with Gasteiger partial charge in [0.25, 0.3) is 5.56 Å². The molecule has 1 saturated heterocycles. The van der Waals surface area contributed by atoms with Gasteiger partial charge in [-0.3, -0.25) is 9.48 Å². The Balaban J connectivity index is 1.57. The van der Waals surface area contributed by atoms with Crippen molar-refractivity contribution in [1.29, 1.82) is 0 Å². The second-order valence-electron chi connectivity index (χ2n) is 7.54. The van der Waals surface area contributed by atoms with Gasteiger partial charge in [-0.1, -0.05) is 29.3 Å². The summed E-state index contributed by atoms with van der Waals surface area (Å²) in [6.07, 6.45) is 1.56. The molecule has 0 radical (unpaired) electrons. The van der Waals surface area contributed by atoms with Gasteiger partial charge in [0.05, 0.1) is 42.5 Å². The lowest BCUT2D eigenvalue weighted by Gasteiger charge is -2.34. The molecule has 2 aromatic heterocycles. The van der Waals surface area contributed by atoms with Crippen LogP contribution in [0.3, 0.4) is 0 Å². The first-order valence-electron chi connectivity index (χ1n) is 9.75. The number of aromatic nitrogens is 4. The molecule has 4 rings (SSSR count). The minimum absolute atomic E-state index is 0.0637. The van der Waals surface area contributed by atoms with E-state index < -0.39 is 0 Å². The van der Waals surface area contributed by atoms with Crippen molar-refractivity contribution in [2.24, 2.45) is 0 Å². The van der Waals surface area contributed by atoms with Gasteiger partial charge in [-0.05, 0) is 44.5 Å². The molecular formula is C21H23Cl2N5O2. The summed E-state index contributed by atoms with van der Waals surface area (Å²) in [4.78, 5) is 14.9. The number of aryl methyl sites for hydroxylation is 3. The summed E-state index contributed by atoms with van der Waals surface area (Å²) in [5.74, 6) is 0. The highest BCUT2D eigenvalue weighted by atomic mass is 35.5. The Morgan fingerprint density at radius 2 is 2.00 bits per heavy atom. The van der Waals surface area contributed by atoms with E-state index >= 15 is 0 Å². The van der Waals surface area contributed by atoms with Gasteiger partial charge in [0, 0.05) is 23.8 Å². The lowest BCUT2D eigenvalue weighted by atomic mass is 10.2. The summed E-state index contributed by atoms with van der Waals surface area (Å²) in [7, 11) is 0. The smallest absolute Gasteiger partial charge is 0.292 e. The average molecular weight is 448 g/mol. The molecule has 1 unspecified atom stereocenters. The van der Waals surface area contributed by atoms with Crippen LogP contribution >= 0.6 is 23.2 Å². The standard InChI is InChI=1S/C21H23Cl2N5O2/c1-13-4-5-16(9-18(13)22)28-21(29)20(23)19(10-24-28)26-6-7-30-17(11-26)12-27-15(3)8-14(2)25-27/h4-5,8-10,17H,6-7,11-12H2,1-3H3. The van der Waals surface area contributed by atoms with Gasteiger partial charge in [0.2, 0.25) is 0 Å². The first-order chi connectivity index (χ1) is 14.3. The molecule has 3 aromatic rings. The van der Waals surface area contributed by atoms with Gasteiger partial charge in [0.1, 0.15) is 5.02 Å². The number of ether oxygens (including phenoxy) is 1. The summed E-state index contributed by atoms with van der Waals surface area (Å²) in [5, 5.41) is 9.55. The third-order valence-corrected chi connectivity index (χ3v) is 6.02. The van der Waals surface area contributed by atoms with Crippen LogP contribution in [0.2, 0.25) is 10.0 Å². The summed E-state index contributed by atoms with van der Waals surface area (Å²) in [6, 6.07) is 7.39. The van der Waals surface area contributed by atoms with E-state index in [-0.39, 0.29) is 16.7 Å². The van der Waals surface area contributed by atoms with Gasteiger partial charge in [-0.2, -0.15) is 14.9 Å². The Morgan fingerprint density at radius 3 is 2.70 bits per heavy atom. The van der Waals surface area contributed by atoms with Gasteiger partial charge in [-0.25, -0.2) is 0 Å². The van der Waals surface area contributed by atoms with Crippen molar-refractivity contribution in [3.63, 3.8) is 0 Å². The minimum atomic E-state index is -0.379. The van der Waals surface area contributed by atoms with E-state index in [1.165, 1.54) is 4.68 Å². The van der Waals surface area contributed by atoms with Crippen LogP contribution in [0.25, 0.3) is 5.69 Å². The quantitative estimate of drug-likeness (QED) is 0.611. The number of anilines is 1. The molecule has 0 amide bonds. The highest BCUT2D eigenvalue weighted by Gasteiger charge is 2.25. The zero-order valence-corrected chi connectivity index (χ0v) is 18.6. The second-order valence-corrected chi connectivity index (χ2v) is 8.33. The summed E-state index contributed by atoms with van der Waals surface area (Å²) in [6.45, 7) is 8.31. The van der Waals surface area contributed by atoms with E-state index in [9.17, 15) is 4.79 Å². The van der Waals surface area contributed by atoms with E-state index in [1.807, 2.05) is 42.5 Å². The van der Waals surface area contributed by atoms with Crippen molar-refractivity contribution in [3.05, 3.63) is 67.8 Å². The molecule has 7 nitrogen and oxygen atoms in total. The van der Waals surface area contributed by atoms with Gasteiger partial charge < -0.3 is 9.64 Å². The van der Waals surface area contributed by atoms with E-state index in [4.69, 9.17) is 27.9 Å². The number of nitrogens with zero attached hydrogens (tertiary/aromatic N) is 5. The first-order valence-corrected chi connectivity index (χ1v) is 10.5. The molecule has 0 aliphatic carbocycles. The predicted octanol–water partition coefficient (Wildman–Crippen LogP) is 3.57. The lowest BCUT2D eigenvalue weighted by molar-refractivity contribution is 0.0270. The topological polar surface area (TPSA) is 65.2 Å². The first kappa shape index (κ1) is 20.9. The monoisotopic (exact) mass is 447 g/mol. The molecule has 0 spiro atoms. The number of rotatable bonds is 4. The Hall–Kier alpha value is -2.35. The minimum Gasteiger partial charge on any atom is -0.373 e. The van der Waals surface area contributed by atoms with Gasteiger partial charge >= 0.3 is 0 Å². The second kappa shape index (κ2) is 8.41. The van der Waals surface area contributed by atoms with Crippen LogP contribution in [-0.2, 0) is 11.3 Å². The van der Waals surface area contributed by atoms with Crippen LogP contribution in [0.4, 0.5) is 5.69 Å². The van der Waals surface area contributed by atoms with Crippen LogP contribution < -0.4 is 10.5 Å². The molecule has 1 fully saturated rings. The molecule has 30 heavy (non-hydrogen) atoms. The van der Waals surface area contributed by atoms with Crippen molar-refractivity contribution in [1.82, 2.24) is 19.6 Å². The van der Waals surface area contributed by atoms with Crippen molar-refractivity contribution in [3.8, 4) is 5.69 Å². The molecule has 0 saturated carbocycles. The van der Waals surface area contributed by atoms with Crippen molar-refractivity contribution in [2.45, 2.75) is 33.4 Å². The molecular weight excluding hydrogens is 425 g/mol. The molecule has 1 aliphatic rings. The zero-order valence-electron chi connectivity index (χ0n) is 17.1. The van der Waals surface area contributed by atoms with Crippen LogP contribution in [0, 0.1) is 20.8 Å². The SMILES string of the molecule is Cc1cc(C)n(CC2CN(c3cnn(-c4ccc(C)c(Cl)c4)c(=O)c3Cl)CCO2)n1. The fraction of sp³-hybridized carbons (Fsp3) is 0.381. The zero-order chi connectivity index (χ0) is 21.4. The lowest BCUT2D eigenvalue weighted by Crippen LogP contribution is -2.45. The van der Waals surface area contributed by atoms with Crippen molar-refractivity contribution >= 4 is 28.9 Å². The largest absolute Gasteiger partial charge is 0.373 e. The normalized spacial score (nSPS) is 16.8. The van der Waals surface area contributed by atoms with Gasteiger partial charge in [-0.15, -0.1) is 0 Å². The Bertz CT molecular complexity index is 1140. The van der Waals surface area contributed by atoms with Crippen molar-refractivity contribution in [2.75, 3.05) is 24.6 Å². The number of hydrogen-bond acceptors (Lipinski definition) is 5. The highest BCUT2D eigenvalue weighted by molar-refractivity contribution is 6.33. The maximum absolute atomic E-state index is 12.9. The predicted molar refractivity (Wildman–Crippen MR) is 118 cm³/mol. The molecule has 1 aliphatic heterocycles. The summed E-state index contributed by atoms with van der Waals surface area (Å²) < 4.78 is 9.14. The molecule has 0 bridgehead atoms. The van der Waals surface area contributed by atoms with E-state index in [0.717, 1.165) is 17.0 Å². The molecule has 158 valence electrons. The highest BCUT2D eigenvalue weighted by Crippen LogP contribution is 2.25. The fourth-order valence-corrected chi connectivity index (χ4v) is 4.07. The van der Waals surface area contributed by atoms with Crippen LogP contribution in [-0.4, -0.2) is 45.4 Å².